The quantitative estimate of drug-likeness (QED) is 0.900. The fourth-order valence-corrected chi connectivity index (χ4v) is 3.11. The Morgan fingerprint density at radius 3 is 2.91 bits per heavy atom. The van der Waals surface area contributed by atoms with Crippen LogP contribution < -0.4 is 16.0 Å². The average Bonchev–Trinajstić information content (AvgIpc) is 2.58. The van der Waals surface area contributed by atoms with Crippen LogP contribution in [0.4, 0.5) is 27.4 Å². The van der Waals surface area contributed by atoms with Crippen molar-refractivity contribution < 1.29 is 4.39 Å². The van der Waals surface area contributed by atoms with E-state index in [2.05, 4.69) is 27.1 Å². The van der Waals surface area contributed by atoms with Gasteiger partial charge in [-0.3, -0.25) is 0 Å². The van der Waals surface area contributed by atoms with E-state index >= 15 is 0 Å². The molecule has 1 aromatic carbocycles. The van der Waals surface area contributed by atoms with Crippen LogP contribution in [0.2, 0.25) is 0 Å². The van der Waals surface area contributed by atoms with Crippen molar-refractivity contribution in [3.8, 4) is 0 Å². The smallest absolute Gasteiger partial charge is 0.159 e. The summed E-state index contributed by atoms with van der Waals surface area (Å²) in [6, 6.07) is 6.92. The number of hydrogen-bond acceptors (Lipinski definition) is 5. The number of halogens is 1. The van der Waals surface area contributed by atoms with E-state index in [1.807, 2.05) is 0 Å². The topological polar surface area (TPSA) is 67.1 Å². The number of aromatic nitrogens is 2. The Bertz CT molecular complexity index is 676. The van der Waals surface area contributed by atoms with Crippen LogP contribution in [0.3, 0.4) is 0 Å². The Labute approximate surface area is 135 Å². The van der Waals surface area contributed by atoms with Crippen molar-refractivity contribution in [3.05, 3.63) is 36.4 Å². The standard InChI is InChI=1S/C17H22FN5/c1-2-12-7-5-6-10-23(12)17-15(19)16(20-11-21-17)22-14-9-4-3-8-13(14)18/h3-4,8-9,11-12H,2,5-7,10,19H2,1H3,(H,20,21,22). The van der Waals surface area contributed by atoms with Crippen LogP contribution in [0.5, 0.6) is 0 Å². The van der Waals surface area contributed by atoms with E-state index in [1.165, 1.54) is 18.8 Å². The summed E-state index contributed by atoms with van der Waals surface area (Å²) in [5, 5.41) is 2.98. The lowest BCUT2D eigenvalue weighted by Crippen LogP contribution is -2.40. The SMILES string of the molecule is CCC1CCCCN1c1ncnc(Nc2ccccc2F)c1N. The van der Waals surface area contributed by atoms with Gasteiger partial charge in [0.2, 0.25) is 0 Å². The summed E-state index contributed by atoms with van der Waals surface area (Å²) >= 11 is 0. The maximum atomic E-state index is 13.8. The van der Waals surface area contributed by atoms with Gasteiger partial charge in [-0.15, -0.1) is 0 Å². The summed E-state index contributed by atoms with van der Waals surface area (Å²) in [7, 11) is 0. The van der Waals surface area contributed by atoms with Gasteiger partial charge in [0.15, 0.2) is 11.6 Å². The fraction of sp³-hybridized carbons (Fsp3) is 0.412. The van der Waals surface area contributed by atoms with E-state index in [4.69, 9.17) is 5.73 Å². The highest BCUT2D eigenvalue weighted by atomic mass is 19.1. The highest BCUT2D eigenvalue weighted by Gasteiger charge is 2.25. The van der Waals surface area contributed by atoms with Crippen molar-refractivity contribution in [2.45, 2.75) is 38.6 Å². The molecule has 0 amide bonds. The van der Waals surface area contributed by atoms with Crippen LogP contribution in [-0.4, -0.2) is 22.6 Å². The number of hydrogen-bond donors (Lipinski definition) is 2. The van der Waals surface area contributed by atoms with Gasteiger partial charge < -0.3 is 16.0 Å². The normalized spacial score (nSPS) is 18.0. The Hall–Kier alpha value is -2.37. The van der Waals surface area contributed by atoms with Gasteiger partial charge in [-0.1, -0.05) is 19.1 Å². The van der Waals surface area contributed by atoms with Gasteiger partial charge in [0.05, 0.1) is 5.69 Å². The number of para-hydroxylation sites is 1. The molecule has 1 saturated heterocycles. The van der Waals surface area contributed by atoms with E-state index in [9.17, 15) is 4.39 Å². The molecule has 0 saturated carbocycles. The van der Waals surface area contributed by atoms with Crippen LogP contribution in [0, 0.1) is 5.82 Å². The first-order valence-electron chi connectivity index (χ1n) is 8.09. The van der Waals surface area contributed by atoms with Gasteiger partial charge in [-0.05, 0) is 37.8 Å². The fourth-order valence-electron chi connectivity index (χ4n) is 3.11. The predicted octanol–water partition coefficient (Wildman–Crippen LogP) is 3.71. The number of anilines is 4. The molecule has 0 bridgehead atoms. The summed E-state index contributed by atoms with van der Waals surface area (Å²) in [6.45, 7) is 3.12. The molecule has 0 radical (unpaired) electrons. The highest BCUT2D eigenvalue weighted by Crippen LogP contribution is 2.33. The number of nitrogens with zero attached hydrogens (tertiary/aromatic N) is 3. The Morgan fingerprint density at radius 2 is 2.13 bits per heavy atom. The first-order chi connectivity index (χ1) is 11.2. The van der Waals surface area contributed by atoms with Crippen molar-refractivity contribution >= 4 is 23.0 Å². The van der Waals surface area contributed by atoms with E-state index in [0.29, 0.717) is 23.2 Å². The zero-order chi connectivity index (χ0) is 16.2. The summed E-state index contributed by atoms with van der Waals surface area (Å²) in [4.78, 5) is 10.8. The Kier molecular flexibility index (Phi) is 4.60. The van der Waals surface area contributed by atoms with Gasteiger partial charge >= 0.3 is 0 Å². The monoisotopic (exact) mass is 315 g/mol. The van der Waals surface area contributed by atoms with E-state index in [-0.39, 0.29) is 5.82 Å². The van der Waals surface area contributed by atoms with Crippen LogP contribution in [0.1, 0.15) is 32.6 Å². The number of rotatable bonds is 4. The van der Waals surface area contributed by atoms with Gasteiger partial charge in [0, 0.05) is 12.6 Å². The minimum Gasteiger partial charge on any atom is -0.393 e. The molecule has 2 aromatic rings. The number of piperidine rings is 1. The predicted molar refractivity (Wildman–Crippen MR) is 91.4 cm³/mol. The van der Waals surface area contributed by atoms with Crippen molar-refractivity contribution in [2.24, 2.45) is 0 Å². The first kappa shape index (κ1) is 15.5. The molecule has 1 atom stereocenters. The molecule has 1 aromatic heterocycles. The third kappa shape index (κ3) is 3.21. The van der Waals surface area contributed by atoms with Crippen LogP contribution in [0.25, 0.3) is 0 Å². The third-order valence-corrected chi connectivity index (χ3v) is 4.36. The van der Waals surface area contributed by atoms with Gasteiger partial charge in [0.1, 0.15) is 17.8 Å². The summed E-state index contributed by atoms with van der Waals surface area (Å²) < 4.78 is 13.8. The van der Waals surface area contributed by atoms with Crippen molar-refractivity contribution in [1.82, 2.24) is 9.97 Å². The third-order valence-electron chi connectivity index (χ3n) is 4.36. The van der Waals surface area contributed by atoms with Gasteiger partial charge in [-0.25, -0.2) is 14.4 Å². The molecule has 0 spiro atoms. The van der Waals surface area contributed by atoms with E-state index < -0.39 is 0 Å². The minimum atomic E-state index is -0.337. The zero-order valence-corrected chi connectivity index (χ0v) is 13.3. The van der Waals surface area contributed by atoms with Crippen molar-refractivity contribution in [2.75, 3.05) is 22.5 Å². The number of nitrogens with one attached hydrogen (secondary N) is 1. The highest BCUT2D eigenvalue weighted by molar-refractivity contribution is 5.78. The average molecular weight is 315 g/mol. The summed E-state index contributed by atoms with van der Waals surface area (Å²) in [5.41, 5.74) is 7.10. The molecular weight excluding hydrogens is 293 g/mol. The molecule has 6 heteroatoms. The maximum Gasteiger partial charge on any atom is 0.159 e. The second kappa shape index (κ2) is 6.81. The summed E-state index contributed by atoms with van der Waals surface area (Å²) in [6.07, 6.45) is 6.06. The second-order valence-electron chi connectivity index (χ2n) is 5.82. The lowest BCUT2D eigenvalue weighted by molar-refractivity contribution is 0.447. The Morgan fingerprint density at radius 1 is 1.30 bits per heavy atom. The zero-order valence-electron chi connectivity index (χ0n) is 13.3. The molecule has 1 aliphatic rings. The lowest BCUT2D eigenvalue weighted by Gasteiger charge is -2.36. The summed E-state index contributed by atoms with van der Waals surface area (Å²) in [5.74, 6) is 0.849. The van der Waals surface area contributed by atoms with Crippen LogP contribution in [-0.2, 0) is 0 Å². The van der Waals surface area contributed by atoms with Gasteiger partial charge in [-0.2, -0.15) is 0 Å². The molecule has 2 heterocycles. The maximum absolute atomic E-state index is 13.8. The molecular formula is C17H22FN5. The van der Waals surface area contributed by atoms with Crippen molar-refractivity contribution in [1.29, 1.82) is 0 Å². The molecule has 1 unspecified atom stereocenters. The van der Waals surface area contributed by atoms with E-state index in [0.717, 1.165) is 31.6 Å². The molecule has 122 valence electrons. The number of nitrogens with two attached hydrogens (primary N) is 1. The molecule has 3 rings (SSSR count). The number of benzene rings is 1. The van der Waals surface area contributed by atoms with Crippen LogP contribution >= 0.6 is 0 Å². The molecule has 0 aliphatic carbocycles. The number of nitrogen functional groups attached to an aromatic ring is 1. The first-order valence-corrected chi connectivity index (χ1v) is 8.09. The van der Waals surface area contributed by atoms with Gasteiger partial charge in [0.25, 0.3) is 0 Å². The lowest BCUT2D eigenvalue weighted by atomic mass is 10.00. The largest absolute Gasteiger partial charge is 0.393 e. The second-order valence-corrected chi connectivity index (χ2v) is 5.82. The molecule has 5 nitrogen and oxygen atoms in total. The van der Waals surface area contributed by atoms with Crippen molar-refractivity contribution in [3.63, 3.8) is 0 Å². The molecule has 23 heavy (non-hydrogen) atoms. The minimum absolute atomic E-state index is 0.337. The molecule has 3 N–H and O–H groups in total. The Balaban J connectivity index is 1.90. The molecule has 1 fully saturated rings. The van der Waals surface area contributed by atoms with Crippen LogP contribution in [0.15, 0.2) is 30.6 Å². The van der Waals surface area contributed by atoms with E-state index in [1.54, 1.807) is 18.2 Å². The molecule has 1 aliphatic heterocycles.